The summed E-state index contributed by atoms with van der Waals surface area (Å²) < 4.78 is 59.2. The van der Waals surface area contributed by atoms with Gasteiger partial charge in [-0.3, -0.25) is 0 Å². The van der Waals surface area contributed by atoms with Gasteiger partial charge in [0.15, 0.2) is 0 Å². The van der Waals surface area contributed by atoms with E-state index in [1.807, 2.05) is 0 Å². The minimum absolute atomic E-state index is 0. The molecule has 0 aliphatic carbocycles. The van der Waals surface area contributed by atoms with Gasteiger partial charge in [-0.2, -0.15) is 0 Å². The van der Waals surface area contributed by atoms with Crippen LogP contribution in [-0.4, -0.2) is 13.1 Å². The molecule has 0 bridgehead atoms. The SMILES string of the molecule is C1CCNC1.F[P-](F)(F)(F)(F)F.[H+]. The molecule has 1 aliphatic rings. The van der Waals surface area contributed by atoms with E-state index in [1.54, 1.807) is 0 Å². The maximum absolute atomic E-state index is 10.7. The zero-order valence-corrected chi connectivity index (χ0v) is 6.94. The summed E-state index contributed by atoms with van der Waals surface area (Å²) in [6.45, 7) is 2.50. The van der Waals surface area contributed by atoms with Crippen LogP contribution in [0, 0.1) is 0 Å². The second-order valence-electron chi connectivity index (χ2n) is 2.42. The maximum Gasteiger partial charge on any atom is 1.00 e. The molecule has 1 N–H and O–H groups in total. The third-order valence-electron chi connectivity index (χ3n) is 0.957. The fourth-order valence-electron chi connectivity index (χ4n) is 0.625. The molecule has 1 heterocycles. The number of hydrogen-bond donors (Lipinski definition) is 1. The van der Waals surface area contributed by atoms with Crippen molar-refractivity contribution in [3.05, 3.63) is 0 Å². The number of rotatable bonds is 0. The summed E-state index contributed by atoms with van der Waals surface area (Å²) in [6, 6.07) is 0. The Hall–Kier alpha value is -0.0300. The van der Waals surface area contributed by atoms with Crippen LogP contribution in [0.2, 0.25) is 0 Å². The van der Waals surface area contributed by atoms with E-state index in [-0.39, 0.29) is 1.43 Å². The van der Waals surface area contributed by atoms with Crippen LogP contribution in [0.1, 0.15) is 14.3 Å². The average Bonchev–Trinajstić information content (AvgIpc) is 2.00. The third-order valence-corrected chi connectivity index (χ3v) is 0.957. The van der Waals surface area contributed by atoms with E-state index in [9.17, 15) is 25.2 Å². The predicted octanol–water partition coefficient (Wildman–Crippen LogP) is 3.86. The van der Waals surface area contributed by atoms with Gasteiger partial charge in [-0.1, -0.05) is 0 Å². The largest absolute Gasteiger partial charge is 1.00 e. The topological polar surface area (TPSA) is 12.0 Å². The van der Waals surface area contributed by atoms with Crippen LogP contribution in [0.15, 0.2) is 0 Å². The third kappa shape index (κ3) is 32.5. The summed E-state index contributed by atoms with van der Waals surface area (Å²) in [4.78, 5) is 0. The van der Waals surface area contributed by atoms with Crippen molar-refractivity contribution >= 4 is 7.81 Å². The predicted molar refractivity (Wildman–Crippen MR) is 36.8 cm³/mol. The van der Waals surface area contributed by atoms with Crippen molar-refractivity contribution in [3.63, 3.8) is 0 Å². The average molecular weight is 217 g/mol. The van der Waals surface area contributed by atoms with Crippen molar-refractivity contribution < 1.29 is 26.6 Å². The molecule has 0 radical (unpaired) electrons. The summed E-state index contributed by atoms with van der Waals surface area (Å²) >= 11 is 0. The minimum Gasteiger partial charge on any atom is 1.00 e. The molecular weight excluding hydrogens is 207 g/mol. The Morgan fingerprint density at radius 1 is 0.833 bits per heavy atom. The van der Waals surface area contributed by atoms with Gasteiger partial charge in [0.1, 0.15) is 0 Å². The molecular formula is C4H10F6NP. The first-order valence-electron chi connectivity index (χ1n) is 3.22. The molecule has 0 aromatic heterocycles. The van der Waals surface area contributed by atoms with E-state index < -0.39 is 7.81 Å². The quantitative estimate of drug-likeness (QED) is 0.479. The Bertz CT molecular complexity index is 127. The first-order chi connectivity index (χ1) is 4.95. The van der Waals surface area contributed by atoms with E-state index in [0.29, 0.717) is 0 Å². The van der Waals surface area contributed by atoms with Crippen molar-refractivity contribution in [2.45, 2.75) is 12.8 Å². The molecule has 0 amide bonds. The second kappa shape index (κ2) is 2.73. The van der Waals surface area contributed by atoms with Gasteiger partial charge in [0, 0.05) is 0 Å². The van der Waals surface area contributed by atoms with Gasteiger partial charge in [0.05, 0.1) is 0 Å². The van der Waals surface area contributed by atoms with E-state index >= 15 is 0 Å². The molecule has 0 atom stereocenters. The molecule has 1 fully saturated rings. The number of halogens is 6. The fourth-order valence-corrected chi connectivity index (χ4v) is 0.625. The molecule has 0 aromatic rings. The van der Waals surface area contributed by atoms with Crippen LogP contribution in [0.25, 0.3) is 0 Å². The van der Waals surface area contributed by atoms with Crippen LogP contribution < -0.4 is 5.32 Å². The van der Waals surface area contributed by atoms with Crippen LogP contribution in [-0.2, 0) is 0 Å². The van der Waals surface area contributed by atoms with Gasteiger partial charge in [-0.25, -0.2) is 0 Å². The maximum atomic E-state index is 9.87. The van der Waals surface area contributed by atoms with Crippen LogP contribution in [0.4, 0.5) is 25.2 Å². The molecule has 0 spiro atoms. The Morgan fingerprint density at radius 2 is 1.08 bits per heavy atom. The number of hydrogen-bond acceptors (Lipinski definition) is 1. The van der Waals surface area contributed by atoms with Crippen LogP contribution in [0.3, 0.4) is 0 Å². The Labute approximate surface area is 66.9 Å². The van der Waals surface area contributed by atoms with Gasteiger partial charge >= 0.3 is 34.4 Å². The monoisotopic (exact) mass is 217 g/mol. The van der Waals surface area contributed by atoms with Gasteiger partial charge in [0.2, 0.25) is 0 Å². The summed E-state index contributed by atoms with van der Waals surface area (Å²) in [6.07, 6.45) is 2.78. The minimum atomic E-state index is -10.7. The molecule has 0 saturated carbocycles. The Balaban J connectivity index is 0. The first kappa shape index (κ1) is 12.0. The van der Waals surface area contributed by atoms with E-state index in [1.165, 1.54) is 25.9 Å². The molecule has 0 unspecified atom stereocenters. The molecule has 12 heavy (non-hydrogen) atoms. The van der Waals surface area contributed by atoms with Gasteiger partial charge in [-0.05, 0) is 25.9 Å². The van der Waals surface area contributed by atoms with E-state index in [0.717, 1.165) is 0 Å². The van der Waals surface area contributed by atoms with Crippen LogP contribution in [0.5, 0.6) is 0 Å². The molecule has 0 aromatic carbocycles. The molecule has 8 heteroatoms. The van der Waals surface area contributed by atoms with Crippen molar-refractivity contribution in [2.24, 2.45) is 0 Å². The Kier molecular flexibility index (Phi) is 2.73. The summed E-state index contributed by atoms with van der Waals surface area (Å²) in [5.74, 6) is 0. The Morgan fingerprint density at radius 3 is 1.17 bits per heavy atom. The summed E-state index contributed by atoms with van der Waals surface area (Å²) in [7, 11) is -10.7. The van der Waals surface area contributed by atoms with E-state index in [2.05, 4.69) is 5.32 Å². The zero-order chi connectivity index (χ0) is 9.94. The first-order valence-corrected chi connectivity index (χ1v) is 5.25. The van der Waals surface area contributed by atoms with Crippen molar-refractivity contribution in [3.8, 4) is 0 Å². The zero-order valence-electron chi connectivity index (χ0n) is 7.04. The second-order valence-corrected chi connectivity index (χ2v) is 4.33. The summed E-state index contributed by atoms with van der Waals surface area (Å²) in [5, 5.41) is 3.22. The van der Waals surface area contributed by atoms with Crippen LogP contribution >= 0.6 is 7.81 Å². The van der Waals surface area contributed by atoms with Crippen molar-refractivity contribution in [1.82, 2.24) is 5.32 Å². The molecule has 1 nitrogen and oxygen atoms in total. The van der Waals surface area contributed by atoms with E-state index in [4.69, 9.17) is 0 Å². The van der Waals surface area contributed by atoms with Gasteiger partial charge < -0.3 is 5.32 Å². The van der Waals surface area contributed by atoms with Crippen molar-refractivity contribution in [1.29, 1.82) is 0 Å². The molecule has 1 saturated heterocycles. The smallest absolute Gasteiger partial charge is 1.00 e. The molecule has 78 valence electrons. The summed E-state index contributed by atoms with van der Waals surface area (Å²) in [5.41, 5.74) is 0. The molecule has 1 aliphatic heterocycles. The standard InChI is InChI=1S/C4H9N.F6P/c1-2-4-5-3-1;1-7(2,3,4,5)6/h5H,1-4H2;/q;-1/p+1. The van der Waals surface area contributed by atoms with Gasteiger partial charge in [0.25, 0.3) is 0 Å². The van der Waals surface area contributed by atoms with Gasteiger partial charge in [-0.15, -0.1) is 0 Å². The van der Waals surface area contributed by atoms with Crippen molar-refractivity contribution in [2.75, 3.05) is 13.1 Å². The normalized spacial score (nSPS) is 23.5. The fraction of sp³-hybridized carbons (Fsp3) is 1.00. The number of nitrogens with one attached hydrogen (secondary N) is 1. The molecule has 1 rings (SSSR count).